The van der Waals surface area contributed by atoms with Crippen LogP contribution in [0.3, 0.4) is 0 Å². The van der Waals surface area contributed by atoms with Crippen LogP contribution in [-0.2, 0) is 14.3 Å². The first-order valence-corrected chi connectivity index (χ1v) is 8.60. The number of carbonyl (C=O) groups is 3. The third-order valence-electron chi connectivity index (χ3n) is 4.00. The van der Waals surface area contributed by atoms with Crippen LogP contribution in [0.25, 0.3) is 0 Å². The summed E-state index contributed by atoms with van der Waals surface area (Å²) in [6.07, 6.45) is 0. The highest BCUT2D eigenvalue weighted by molar-refractivity contribution is 7.16. The second kappa shape index (κ2) is 8.12. The Morgan fingerprint density at radius 1 is 1.32 bits per heavy atom. The molecule has 0 radical (unpaired) electrons. The van der Waals surface area contributed by atoms with E-state index in [0.29, 0.717) is 10.6 Å². The van der Waals surface area contributed by atoms with Crippen LogP contribution in [0.1, 0.15) is 48.5 Å². The normalized spacial score (nSPS) is 12.9. The van der Waals surface area contributed by atoms with Crippen LogP contribution in [0, 0.1) is 31.1 Å². The van der Waals surface area contributed by atoms with Crippen LogP contribution in [0.2, 0.25) is 0 Å². The van der Waals surface area contributed by atoms with Gasteiger partial charge in [0, 0.05) is 11.8 Å². The Morgan fingerprint density at radius 3 is 2.40 bits per heavy atom. The summed E-state index contributed by atoms with van der Waals surface area (Å²) in [5, 5.41) is 14.8. The molecular weight excluding hydrogens is 342 g/mol. The number of rotatable bonds is 6. The van der Waals surface area contributed by atoms with Crippen LogP contribution in [0.4, 0.5) is 5.00 Å². The Labute approximate surface area is 151 Å². The van der Waals surface area contributed by atoms with E-state index >= 15 is 0 Å². The van der Waals surface area contributed by atoms with Crippen molar-refractivity contribution in [3.8, 4) is 6.07 Å². The van der Waals surface area contributed by atoms with E-state index in [0.717, 1.165) is 4.88 Å². The van der Waals surface area contributed by atoms with Crippen molar-refractivity contribution in [3.63, 3.8) is 0 Å². The number of ether oxygens (including phenoxy) is 1. The van der Waals surface area contributed by atoms with Crippen molar-refractivity contribution >= 4 is 34.1 Å². The zero-order chi connectivity index (χ0) is 19.4. The Kier molecular flexibility index (Phi) is 6.70. The van der Waals surface area contributed by atoms with Gasteiger partial charge in [-0.25, -0.2) is 4.79 Å². The highest BCUT2D eigenvalue weighted by atomic mass is 32.1. The zero-order valence-electron chi connectivity index (χ0n) is 15.3. The van der Waals surface area contributed by atoms with E-state index in [1.807, 2.05) is 20.8 Å². The summed E-state index contributed by atoms with van der Waals surface area (Å²) in [5.74, 6) is -1.65. The van der Waals surface area contributed by atoms with Crippen molar-refractivity contribution in [1.82, 2.24) is 5.32 Å². The molecule has 0 saturated heterocycles. The SMILES string of the molecule is CC(=O)Nc1sc(C)c(C)c1C(=O)OCC(=O)N[C@](C)(C#N)C(C)C. The molecule has 0 aromatic carbocycles. The van der Waals surface area contributed by atoms with Crippen molar-refractivity contribution < 1.29 is 19.1 Å². The maximum Gasteiger partial charge on any atom is 0.341 e. The molecule has 2 N–H and O–H groups in total. The Morgan fingerprint density at radius 2 is 1.92 bits per heavy atom. The van der Waals surface area contributed by atoms with Crippen LogP contribution < -0.4 is 10.6 Å². The second-order valence-corrected chi connectivity index (χ2v) is 7.49. The van der Waals surface area contributed by atoms with Gasteiger partial charge in [-0.3, -0.25) is 9.59 Å². The van der Waals surface area contributed by atoms with Gasteiger partial charge in [0.05, 0.1) is 11.6 Å². The molecule has 25 heavy (non-hydrogen) atoms. The van der Waals surface area contributed by atoms with Gasteiger partial charge in [0.15, 0.2) is 6.61 Å². The van der Waals surface area contributed by atoms with Crippen LogP contribution in [0.5, 0.6) is 0 Å². The summed E-state index contributed by atoms with van der Waals surface area (Å²) < 4.78 is 5.07. The quantitative estimate of drug-likeness (QED) is 0.753. The monoisotopic (exact) mass is 365 g/mol. The summed E-state index contributed by atoms with van der Waals surface area (Å²) in [5.41, 5.74) is -0.0969. The molecule has 0 bridgehead atoms. The third-order valence-corrected chi connectivity index (χ3v) is 5.12. The predicted octanol–water partition coefficient (Wildman–Crippen LogP) is 2.53. The first kappa shape index (κ1) is 20.6. The largest absolute Gasteiger partial charge is 0.452 e. The smallest absolute Gasteiger partial charge is 0.341 e. The third kappa shape index (κ3) is 5.03. The van der Waals surface area contributed by atoms with E-state index in [2.05, 4.69) is 16.7 Å². The minimum atomic E-state index is -1.04. The van der Waals surface area contributed by atoms with Gasteiger partial charge in [0.2, 0.25) is 5.91 Å². The maximum absolute atomic E-state index is 12.3. The van der Waals surface area contributed by atoms with Gasteiger partial charge in [0.1, 0.15) is 10.5 Å². The van der Waals surface area contributed by atoms with Gasteiger partial charge in [-0.15, -0.1) is 11.3 Å². The molecule has 1 aromatic heterocycles. The molecule has 0 aliphatic heterocycles. The van der Waals surface area contributed by atoms with E-state index in [9.17, 15) is 19.6 Å². The number of hydrogen-bond acceptors (Lipinski definition) is 6. The van der Waals surface area contributed by atoms with Crippen molar-refractivity contribution in [2.75, 3.05) is 11.9 Å². The van der Waals surface area contributed by atoms with Gasteiger partial charge in [-0.2, -0.15) is 5.26 Å². The number of amides is 2. The number of esters is 1. The molecule has 0 aliphatic carbocycles. The first-order valence-electron chi connectivity index (χ1n) is 7.78. The van der Waals surface area contributed by atoms with Gasteiger partial charge < -0.3 is 15.4 Å². The van der Waals surface area contributed by atoms with Crippen molar-refractivity contribution in [2.45, 2.75) is 47.1 Å². The maximum atomic E-state index is 12.3. The number of aryl methyl sites for hydroxylation is 1. The number of nitrogens with one attached hydrogen (secondary N) is 2. The van der Waals surface area contributed by atoms with E-state index in [4.69, 9.17) is 4.74 Å². The van der Waals surface area contributed by atoms with Crippen molar-refractivity contribution in [2.24, 2.45) is 5.92 Å². The second-order valence-electron chi connectivity index (χ2n) is 6.26. The lowest BCUT2D eigenvalue weighted by Crippen LogP contribution is -2.50. The van der Waals surface area contributed by atoms with Gasteiger partial charge in [-0.1, -0.05) is 13.8 Å². The number of carbonyl (C=O) groups excluding carboxylic acids is 3. The summed E-state index contributed by atoms with van der Waals surface area (Å²) in [7, 11) is 0. The number of hydrogen-bond donors (Lipinski definition) is 2. The van der Waals surface area contributed by atoms with Crippen LogP contribution >= 0.6 is 11.3 Å². The fourth-order valence-electron chi connectivity index (χ4n) is 1.95. The topological polar surface area (TPSA) is 108 Å². The Bertz CT molecular complexity index is 733. The molecular formula is C17H23N3O4S. The number of anilines is 1. The molecule has 0 saturated carbocycles. The molecule has 2 amide bonds. The van der Waals surface area contributed by atoms with Gasteiger partial charge in [0.25, 0.3) is 5.91 Å². The predicted molar refractivity (Wildman–Crippen MR) is 95.4 cm³/mol. The minimum Gasteiger partial charge on any atom is -0.452 e. The standard InChI is InChI=1S/C17H23N3O4S/c1-9(2)17(6,8-18)20-13(22)7-24-16(23)14-10(3)11(4)25-15(14)19-12(5)21/h9H,7H2,1-6H3,(H,19,21)(H,20,22)/t17-/m1/s1. The first-order chi connectivity index (χ1) is 11.5. The molecule has 0 aliphatic rings. The molecule has 0 spiro atoms. The lowest BCUT2D eigenvalue weighted by Gasteiger charge is -2.27. The number of nitriles is 1. The Hall–Kier alpha value is -2.40. The number of nitrogens with zero attached hydrogens (tertiary/aromatic N) is 1. The molecule has 1 rings (SSSR count). The van der Waals surface area contributed by atoms with E-state index < -0.39 is 24.0 Å². The molecule has 1 atom stereocenters. The average Bonchev–Trinajstić information content (AvgIpc) is 2.78. The number of thiophene rings is 1. The van der Waals surface area contributed by atoms with E-state index in [1.54, 1.807) is 13.8 Å². The summed E-state index contributed by atoms with van der Waals surface area (Å²) in [4.78, 5) is 36.5. The molecule has 0 unspecified atom stereocenters. The molecule has 136 valence electrons. The summed E-state index contributed by atoms with van der Waals surface area (Å²) in [6, 6.07) is 2.05. The van der Waals surface area contributed by atoms with Crippen LogP contribution in [-0.4, -0.2) is 29.9 Å². The van der Waals surface area contributed by atoms with Gasteiger partial charge >= 0.3 is 5.97 Å². The lowest BCUT2D eigenvalue weighted by atomic mass is 9.90. The van der Waals surface area contributed by atoms with E-state index in [-0.39, 0.29) is 17.4 Å². The molecule has 1 aromatic rings. The van der Waals surface area contributed by atoms with Crippen LogP contribution in [0.15, 0.2) is 0 Å². The minimum absolute atomic E-state index is 0.106. The summed E-state index contributed by atoms with van der Waals surface area (Å²) >= 11 is 1.27. The fourth-order valence-corrected chi connectivity index (χ4v) is 3.05. The molecule has 8 heteroatoms. The summed E-state index contributed by atoms with van der Waals surface area (Å²) in [6.45, 7) is 9.66. The lowest BCUT2D eigenvalue weighted by molar-refractivity contribution is -0.125. The van der Waals surface area contributed by atoms with Crippen molar-refractivity contribution in [3.05, 3.63) is 16.0 Å². The van der Waals surface area contributed by atoms with Gasteiger partial charge in [-0.05, 0) is 32.3 Å². The van der Waals surface area contributed by atoms with Crippen molar-refractivity contribution in [1.29, 1.82) is 5.26 Å². The highest BCUT2D eigenvalue weighted by Crippen LogP contribution is 2.32. The molecule has 1 heterocycles. The zero-order valence-corrected chi connectivity index (χ0v) is 16.1. The molecule has 0 fully saturated rings. The molecule has 7 nitrogen and oxygen atoms in total. The Balaban J connectivity index is 2.83. The fraction of sp³-hybridized carbons (Fsp3) is 0.529. The van der Waals surface area contributed by atoms with E-state index in [1.165, 1.54) is 18.3 Å². The highest BCUT2D eigenvalue weighted by Gasteiger charge is 2.30. The average molecular weight is 365 g/mol.